The average Bonchev–Trinajstić information content (AvgIpc) is 3.32. The maximum absolute atomic E-state index is 12.9. The lowest BCUT2D eigenvalue weighted by molar-refractivity contribution is -0.161. The standard InChI is InChI=1S/C56H109O11P/c1-4-7-10-13-16-19-21-23-25-26-28-30-32-35-38-41-44-47-56(60)67-53(49-63-54(58)45-42-39-36-33-18-15-12-9-6-3)51-65-68(61,62)64-50-52(48-57)66-55(59)46-43-40-37-34-31-29-27-24-22-20-17-14-11-8-5-2/h52-53,57H,4-51H2,1-3H3,(H,61,62). The van der Waals surface area contributed by atoms with Gasteiger partial charge in [0.25, 0.3) is 0 Å². The van der Waals surface area contributed by atoms with Crippen LogP contribution in [0.2, 0.25) is 0 Å². The average molecular weight is 989 g/mol. The van der Waals surface area contributed by atoms with Gasteiger partial charge in [0.05, 0.1) is 19.8 Å². The maximum atomic E-state index is 12.9. The molecule has 0 aliphatic rings. The first-order valence-corrected chi connectivity index (χ1v) is 30.4. The lowest BCUT2D eigenvalue weighted by Crippen LogP contribution is -2.30. The Morgan fingerprint density at radius 1 is 0.353 bits per heavy atom. The zero-order valence-electron chi connectivity index (χ0n) is 44.6. The first-order chi connectivity index (χ1) is 33.2. The van der Waals surface area contributed by atoms with Gasteiger partial charge < -0.3 is 24.2 Å². The first kappa shape index (κ1) is 66.5. The molecule has 3 atom stereocenters. The number of aliphatic hydroxyl groups excluding tert-OH is 1. The summed E-state index contributed by atoms with van der Waals surface area (Å²) in [5.41, 5.74) is 0. The molecule has 12 heteroatoms. The Balaban J connectivity index is 4.57. The molecule has 0 saturated carbocycles. The molecule has 0 aromatic rings. The highest BCUT2D eigenvalue weighted by Crippen LogP contribution is 2.43. The molecule has 0 aromatic carbocycles. The number of carbonyl (C=O) groups excluding carboxylic acids is 3. The molecular formula is C56H109O11P. The van der Waals surface area contributed by atoms with E-state index in [1.165, 1.54) is 186 Å². The molecule has 0 aliphatic carbocycles. The summed E-state index contributed by atoms with van der Waals surface area (Å²) in [6.07, 6.45) is 47.8. The van der Waals surface area contributed by atoms with Crippen molar-refractivity contribution in [3.05, 3.63) is 0 Å². The van der Waals surface area contributed by atoms with Crippen molar-refractivity contribution in [2.45, 2.75) is 315 Å². The molecule has 68 heavy (non-hydrogen) atoms. The fourth-order valence-corrected chi connectivity index (χ4v) is 9.38. The van der Waals surface area contributed by atoms with Gasteiger partial charge in [-0.3, -0.25) is 23.4 Å². The van der Waals surface area contributed by atoms with Gasteiger partial charge in [-0.25, -0.2) is 4.57 Å². The lowest BCUT2D eigenvalue weighted by atomic mass is 10.0. The lowest BCUT2D eigenvalue weighted by Gasteiger charge is -2.21. The number of hydrogen-bond donors (Lipinski definition) is 2. The molecule has 0 amide bonds. The van der Waals surface area contributed by atoms with E-state index in [-0.39, 0.29) is 25.9 Å². The van der Waals surface area contributed by atoms with Crippen LogP contribution in [0, 0.1) is 0 Å². The number of carbonyl (C=O) groups is 3. The smallest absolute Gasteiger partial charge is 0.462 e. The highest BCUT2D eigenvalue weighted by molar-refractivity contribution is 7.47. The second-order valence-electron chi connectivity index (χ2n) is 19.8. The molecule has 404 valence electrons. The molecule has 0 saturated heterocycles. The Morgan fingerprint density at radius 2 is 0.588 bits per heavy atom. The number of rotatable bonds is 55. The van der Waals surface area contributed by atoms with Crippen molar-refractivity contribution in [3.8, 4) is 0 Å². The fraction of sp³-hybridized carbons (Fsp3) is 0.946. The second kappa shape index (κ2) is 51.8. The van der Waals surface area contributed by atoms with Gasteiger partial charge in [0, 0.05) is 19.3 Å². The Labute approximate surface area is 418 Å². The number of phosphoric ester groups is 1. The number of ether oxygens (including phenoxy) is 3. The highest BCUT2D eigenvalue weighted by atomic mass is 31.2. The van der Waals surface area contributed by atoms with Crippen molar-refractivity contribution in [2.75, 3.05) is 26.4 Å². The van der Waals surface area contributed by atoms with Gasteiger partial charge in [0.2, 0.25) is 0 Å². The monoisotopic (exact) mass is 989 g/mol. The minimum absolute atomic E-state index is 0.178. The molecule has 0 spiro atoms. The molecule has 0 radical (unpaired) electrons. The van der Waals surface area contributed by atoms with E-state index in [1.807, 2.05) is 0 Å². The van der Waals surface area contributed by atoms with Gasteiger partial charge >= 0.3 is 25.7 Å². The normalized spacial score (nSPS) is 13.3. The molecular weight excluding hydrogens is 880 g/mol. The van der Waals surface area contributed by atoms with Crippen LogP contribution in [0.25, 0.3) is 0 Å². The van der Waals surface area contributed by atoms with Crippen molar-refractivity contribution >= 4 is 25.7 Å². The molecule has 0 rings (SSSR count). The van der Waals surface area contributed by atoms with Crippen LogP contribution in [0.5, 0.6) is 0 Å². The van der Waals surface area contributed by atoms with Crippen LogP contribution >= 0.6 is 7.82 Å². The van der Waals surface area contributed by atoms with Crippen molar-refractivity contribution in [1.82, 2.24) is 0 Å². The minimum atomic E-state index is -4.73. The topological polar surface area (TPSA) is 155 Å². The SMILES string of the molecule is CCCCCCCCCCCCCCCCCCCC(=O)OC(COC(=O)CCCCCCCCCCC)COP(=O)(O)OCC(CO)OC(=O)CCCCCCCCCCCCCCCCC. The number of unbranched alkanes of at least 4 members (excludes halogenated alkanes) is 38. The van der Waals surface area contributed by atoms with Crippen LogP contribution in [-0.4, -0.2) is 66.5 Å². The quantitative estimate of drug-likeness (QED) is 0.0259. The highest BCUT2D eigenvalue weighted by Gasteiger charge is 2.28. The van der Waals surface area contributed by atoms with Crippen molar-refractivity contribution in [3.63, 3.8) is 0 Å². The zero-order chi connectivity index (χ0) is 49.9. The molecule has 0 aliphatic heterocycles. The molecule has 0 heterocycles. The Morgan fingerprint density at radius 3 is 0.868 bits per heavy atom. The Bertz CT molecular complexity index is 1150. The molecule has 2 N–H and O–H groups in total. The third kappa shape index (κ3) is 49.5. The Kier molecular flexibility index (Phi) is 50.7. The van der Waals surface area contributed by atoms with E-state index >= 15 is 0 Å². The van der Waals surface area contributed by atoms with Crippen LogP contribution < -0.4 is 0 Å². The fourth-order valence-electron chi connectivity index (χ4n) is 8.59. The van der Waals surface area contributed by atoms with Crippen molar-refractivity contribution in [1.29, 1.82) is 0 Å². The number of hydrogen-bond acceptors (Lipinski definition) is 10. The van der Waals surface area contributed by atoms with Crippen molar-refractivity contribution in [2.24, 2.45) is 0 Å². The summed E-state index contributed by atoms with van der Waals surface area (Å²) >= 11 is 0. The summed E-state index contributed by atoms with van der Waals surface area (Å²) in [6, 6.07) is 0. The Hall–Kier alpha value is -1.52. The number of esters is 3. The molecule has 0 aromatic heterocycles. The summed E-state index contributed by atoms with van der Waals surface area (Å²) in [7, 11) is -4.73. The summed E-state index contributed by atoms with van der Waals surface area (Å²) in [5.74, 6) is -1.43. The summed E-state index contributed by atoms with van der Waals surface area (Å²) in [6.45, 7) is 4.69. The van der Waals surface area contributed by atoms with Gasteiger partial charge in [-0.1, -0.05) is 265 Å². The summed E-state index contributed by atoms with van der Waals surface area (Å²) in [4.78, 5) is 48.4. The summed E-state index contributed by atoms with van der Waals surface area (Å²) in [5, 5.41) is 9.80. The third-order valence-corrected chi connectivity index (χ3v) is 14.0. The number of aliphatic hydroxyl groups is 1. The van der Waals surface area contributed by atoms with Crippen LogP contribution in [0.15, 0.2) is 0 Å². The van der Waals surface area contributed by atoms with Gasteiger partial charge in [-0.05, 0) is 19.3 Å². The maximum Gasteiger partial charge on any atom is 0.472 e. The van der Waals surface area contributed by atoms with Crippen LogP contribution in [0.3, 0.4) is 0 Å². The van der Waals surface area contributed by atoms with Crippen LogP contribution in [0.4, 0.5) is 0 Å². The van der Waals surface area contributed by atoms with Gasteiger partial charge in [0.1, 0.15) is 12.7 Å². The van der Waals surface area contributed by atoms with Gasteiger partial charge in [-0.15, -0.1) is 0 Å². The van der Waals surface area contributed by atoms with E-state index in [4.69, 9.17) is 23.3 Å². The molecule has 11 nitrogen and oxygen atoms in total. The van der Waals surface area contributed by atoms with Crippen LogP contribution in [-0.2, 0) is 42.2 Å². The van der Waals surface area contributed by atoms with E-state index in [1.54, 1.807) is 0 Å². The zero-order valence-corrected chi connectivity index (χ0v) is 45.5. The van der Waals surface area contributed by atoms with Gasteiger partial charge in [-0.2, -0.15) is 0 Å². The first-order valence-electron chi connectivity index (χ1n) is 28.9. The van der Waals surface area contributed by atoms with Crippen molar-refractivity contribution < 1.29 is 52.2 Å². The molecule has 0 bridgehead atoms. The molecule has 0 fully saturated rings. The van der Waals surface area contributed by atoms with E-state index < -0.39 is 57.8 Å². The number of phosphoric acid groups is 1. The predicted octanol–water partition coefficient (Wildman–Crippen LogP) is 16.7. The van der Waals surface area contributed by atoms with Gasteiger partial charge in [0.15, 0.2) is 6.10 Å². The van der Waals surface area contributed by atoms with E-state index in [0.717, 1.165) is 57.8 Å². The van der Waals surface area contributed by atoms with E-state index in [0.29, 0.717) is 19.3 Å². The summed E-state index contributed by atoms with van der Waals surface area (Å²) < 4.78 is 39.5. The predicted molar refractivity (Wildman–Crippen MR) is 280 cm³/mol. The minimum Gasteiger partial charge on any atom is -0.462 e. The second-order valence-corrected chi connectivity index (χ2v) is 21.3. The molecule has 3 unspecified atom stereocenters. The third-order valence-electron chi connectivity index (χ3n) is 13.0. The van der Waals surface area contributed by atoms with E-state index in [2.05, 4.69) is 20.8 Å². The van der Waals surface area contributed by atoms with E-state index in [9.17, 15) is 28.9 Å². The largest absolute Gasteiger partial charge is 0.472 e. The van der Waals surface area contributed by atoms with Crippen LogP contribution in [0.1, 0.15) is 303 Å².